The molecule has 0 fully saturated rings. The van der Waals surface area contributed by atoms with E-state index in [1.165, 1.54) is 3.57 Å². The molecule has 0 N–H and O–H groups in total. The minimum absolute atomic E-state index is 0.731. The van der Waals surface area contributed by atoms with Crippen molar-refractivity contribution in [3.8, 4) is 17.2 Å². The zero-order valence-corrected chi connectivity index (χ0v) is 15.2. The number of ether oxygens (including phenoxy) is 3. The van der Waals surface area contributed by atoms with Gasteiger partial charge >= 0.3 is 0 Å². The summed E-state index contributed by atoms with van der Waals surface area (Å²) in [6, 6.07) is 12.1. The van der Waals surface area contributed by atoms with Crippen LogP contribution in [0.15, 0.2) is 36.4 Å². The van der Waals surface area contributed by atoms with E-state index >= 15 is 0 Å². The fraction of sp³-hybridized carbons (Fsp3) is 0.294. The Labute approximate surface area is 140 Å². The standard InChI is InChI=1S/C11H16O3.C6H5I/c1-7-6-9(12-3)11(14-5)8(2)10(7)13-4;7-6-4-2-1-3-5-6/h6H,1-5H3;1-5H. The van der Waals surface area contributed by atoms with Gasteiger partial charge in [-0.3, -0.25) is 0 Å². The van der Waals surface area contributed by atoms with Gasteiger partial charge in [-0.25, -0.2) is 0 Å². The zero-order chi connectivity index (χ0) is 15.8. The van der Waals surface area contributed by atoms with Crippen LogP contribution in [0.25, 0.3) is 0 Å². The molecule has 0 saturated carbocycles. The number of methoxy groups -OCH3 is 3. The van der Waals surface area contributed by atoms with Crippen LogP contribution in [0.3, 0.4) is 0 Å². The van der Waals surface area contributed by atoms with Gasteiger partial charge in [-0.15, -0.1) is 0 Å². The van der Waals surface area contributed by atoms with Crippen LogP contribution in [0.1, 0.15) is 11.1 Å². The lowest BCUT2D eigenvalue weighted by Crippen LogP contribution is -1.98. The third kappa shape index (κ3) is 4.81. The molecule has 0 aliphatic carbocycles. The molecule has 4 heteroatoms. The maximum atomic E-state index is 5.28. The number of hydrogen-bond donors (Lipinski definition) is 0. The average molecular weight is 400 g/mol. The van der Waals surface area contributed by atoms with Gasteiger partial charge < -0.3 is 14.2 Å². The van der Waals surface area contributed by atoms with Gasteiger partial charge in [-0.1, -0.05) is 18.2 Å². The minimum Gasteiger partial charge on any atom is -0.496 e. The topological polar surface area (TPSA) is 27.7 Å². The van der Waals surface area contributed by atoms with Crippen LogP contribution in [0.5, 0.6) is 17.2 Å². The molecule has 0 heterocycles. The van der Waals surface area contributed by atoms with Crippen LogP contribution >= 0.6 is 22.6 Å². The molecule has 2 aromatic rings. The third-order valence-corrected chi connectivity index (χ3v) is 3.69. The van der Waals surface area contributed by atoms with Crippen molar-refractivity contribution >= 4 is 22.6 Å². The Bertz CT molecular complexity index is 568. The first-order chi connectivity index (χ1) is 10.0. The lowest BCUT2D eigenvalue weighted by molar-refractivity contribution is 0.344. The molecule has 0 bridgehead atoms. The molecule has 0 amide bonds. The molecule has 2 rings (SSSR count). The number of aryl methyl sites for hydroxylation is 1. The smallest absolute Gasteiger partial charge is 0.167 e. The van der Waals surface area contributed by atoms with Crippen molar-refractivity contribution < 1.29 is 14.2 Å². The van der Waals surface area contributed by atoms with E-state index in [-0.39, 0.29) is 0 Å². The van der Waals surface area contributed by atoms with Gasteiger partial charge in [0.25, 0.3) is 0 Å². The van der Waals surface area contributed by atoms with Crippen molar-refractivity contribution in [2.24, 2.45) is 0 Å². The SMILES string of the molecule is COc1cc(C)c(OC)c(C)c1OC.Ic1ccccc1. The fourth-order valence-corrected chi connectivity index (χ4v) is 2.46. The Morgan fingerprint density at radius 2 is 1.38 bits per heavy atom. The van der Waals surface area contributed by atoms with Gasteiger partial charge in [0.15, 0.2) is 11.5 Å². The minimum atomic E-state index is 0.731. The van der Waals surface area contributed by atoms with Crippen LogP contribution in [0.2, 0.25) is 0 Å². The van der Waals surface area contributed by atoms with Crippen molar-refractivity contribution in [1.29, 1.82) is 0 Å². The molecule has 0 unspecified atom stereocenters. The van der Waals surface area contributed by atoms with Gasteiger partial charge in [0.1, 0.15) is 5.75 Å². The average Bonchev–Trinajstić information content (AvgIpc) is 2.48. The first-order valence-corrected chi connectivity index (χ1v) is 7.59. The lowest BCUT2D eigenvalue weighted by Gasteiger charge is -2.15. The van der Waals surface area contributed by atoms with Crippen LogP contribution in [0, 0.1) is 17.4 Å². The quantitative estimate of drug-likeness (QED) is 0.704. The second-order valence-corrected chi connectivity index (χ2v) is 5.63. The summed E-state index contributed by atoms with van der Waals surface area (Å²) in [5, 5.41) is 0. The molecule has 0 atom stereocenters. The maximum Gasteiger partial charge on any atom is 0.167 e. The molecule has 0 aliphatic heterocycles. The van der Waals surface area contributed by atoms with Crippen LogP contribution < -0.4 is 14.2 Å². The van der Waals surface area contributed by atoms with E-state index < -0.39 is 0 Å². The van der Waals surface area contributed by atoms with Crippen LogP contribution in [-0.2, 0) is 0 Å². The number of rotatable bonds is 3. The monoisotopic (exact) mass is 400 g/mol. The zero-order valence-electron chi connectivity index (χ0n) is 13.1. The molecule has 0 saturated heterocycles. The van der Waals surface area contributed by atoms with Crippen molar-refractivity contribution in [3.05, 3.63) is 51.1 Å². The highest BCUT2D eigenvalue weighted by atomic mass is 127. The summed E-state index contributed by atoms with van der Waals surface area (Å²) in [5.41, 5.74) is 2.01. The summed E-state index contributed by atoms with van der Waals surface area (Å²) in [6.07, 6.45) is 0. The Morgan fingerprint density at radius 3 is 1.76 bits per heavy atom. The summed E-state index contributed by atoms with van der Waals surface area (Å²) in [4.78, 5) is 0. The summed E-state index contributed by atoms with van der Waals surface area (Å²) in [7, 11) is 4.91. The van der Waals surface area contributed by atoms with E-state index in [2.05, 4.69) is 34.7 Å². The molecule has 0 aromatic heterocycles. The van der Waals surface area contributed by atoms with E-state index in [0.717, 1.165) is 28.4 Å². The van der Waals surface area contributed by atoms with Crippen molar-refractivity contribution in [3.63, 3.8) is 0 Å². The third-order valence-electron chi connectivity index (χ3n) is 2.97. The molecule has 0 radical (unpaired) electrons. The number of benzene rings is 2. The van der Waals surface area contributed by atoms with Crippen LogP contribution in [0.4, 0.5) is 0 Å². The second kappa shape index (κ2) is 8.77. The number of hydrogen-bond acceptors (Lipinski definition) is 3. The largest absolute Gasteiger partial charge is 0.496 e. The van der Waals surface area contributed by atoms with Gasteiger partial charge in [-0.2, -0.15) is 0 Å². The molecule has 21 heavy (non-hydrogen) atoms. The maximum absolute atomic E-state index is 5.28. The van der Waals surface area contributed by atoms with E-state index in [1.54, 1.807) is 21.3 Å². The Kier molecular flexibility index (Phi) is 7.36. The van der Waals surface area contributed by atoms with E-state index in [1.807, 2.05) is 38.1 Å². The van der Waals surface area contributed by atoms with Gasteiger partial charge in [-0.05, 0) is 60.2 Å². The summed E-state index contributed by atoms with van der Waals surface area (Å²) >= 11 is 2.28. The lowest BCUT2D eigenvalue weighted by atomic mass is 10.1. The van der Waals surface area contributed by atoms with Gasteiger partial charge in [0, 0.05) is 9.13 Å². The highest BCUT2D eigenvalue weighted by Crippen LogP contribution is 2.39. The Morgan fingerprint density at radius 1 is 0.810 bits per heavy atom. The van der Waals surface area contributed by atoms with Crippen molar-refractivity contribution in [1.82, 2.24) is 0 Å². The van der Waals surface area contributed by atoms with E-state index in [4.69, 9.17) is 14.2 Å². The molecule has 3 nitrogen and oxygen atoms in total. The molecular weight excluding hydrogens is 379 g/mol. The van der Waals surface area contributed by atoms with Crippen molar-refractivity contribution in [2.75, 3.05) is 21.3 Å². The summed E-state index contributed by atoms with van der Waals surface area (Å²) in [5.74, 6) is 2.32. The Hall–Kier alpha value is -1.43. The predicted molar refractivity (Wildman–Crippen MR) is 94.7 cm³/mol. The number of halogens is 1. The molecule has 114 valence electrons. The van der Waals surface area contributed by atoms with Crippen LogP contribution in [-0.4, -0.2) is 21.3 Å². The van der Waals surface area contributed by atoms with E-state index in [0.29, 0.717) is 0 Å². The Balaban J connectivity index is 0.000000262. The fourth-order valence-electron chi connectivity index (χ4n) is 2.05. The normalized spacial score (nSPS) is 9.43. The first-order valence-electron chi connectivity index (χ1n) is 6.51. The predicted octanol–water partition coefficient (Wildman–Crippen LogP) is 4.62. The second-order valence-electron chi connectivity index (χ2n) is 4.38. The molecular formula is C17H21IO3. The summed E-state index contributed by atoms with van der Waals surface area (Å²) in [6.45, 7) is 3.93. The van der Waals surface area contributed by atoms with Crippen molar-refractivity contribution in [2.45, 2.75) is 13.8 Å². The molecule has 0 spiro atoms. The highest BCUT2D eigenvalue weighted by Gasteiger charge is 2.14. The molecule has 2 aromatic carbocycles. The van der Waals surface area contributed by atoms with Gasteiger partial charge in [0.05, 0.1) is 21.3 Å². The molecule has 0 aliphatic rings. The van der Waals surface area contributed by atoms with Gasteiger partial charge in [0.2, 0.25) is 0 Å². The highest BCUT2D eigenvalue weighted by molar-refractivity contribution is 14.1. The first kappa shape index (κ1) is 17.6. The summed E-state index contributed by atoms with van der Waals surface area (Å²) < 4.78 is 17.1. The van der Waals surface area contributed by atoms with E-state index in [9.17, 15) is 0 Å².